The van der Waals surface area contributed by atoms with Crippen molar-refractivity contribution in [3.8, 4) is 0 Å². The second-order valence-electron chi connectivity index (χ2n) is 2.50. The molecule has 6 heteroatoms. The molecule has 0 unspecified atom stereocenters. The molecule has 0 aliphatic heterocycles. The molecule has 0 radical (unpaired) electrons. The monoisotopic (exact) mass is 219 g/mol. The van der Waals surface area contributed by atoms with Gasteiger partial charge in [-0.2, -0.15) is 12.6 Å². The number of rotatable bonds is 3. The molecule has 0 saturated carbocycles. The van der Waals surface area contributed by atoms with E-state index in [9.17, 15) is 14.4 Å². The van der Waals surface area contributed by atoms with Crippen LogP contribution >= 0.6 is 12.6 Å². The number of nitrogens with zero attached hydrogens (tertiary/aromatic N) is 1. The van der Waals surface area contributed by atoms with Gasteiger partial charge in [0, 0.05) is 19.1 Å². The normalized spacial score (nSPS) is 9.36. The molecular weight excluding hydrogens is 206 g/mol. The molecule has 2 amide bonds. The molecule has 0 atom stereocenters. The third kappa shape index (κ3) is 4.27. The zero-order valence-corrected chi connectivity index (χ0v) is 9.04. The van der Waals surface area contributed by atoms with E-state index >= 15 is 0 Å². The van der Waals surface area contributed by atoms with Gasteiger partial charge in [0.25, 0.3) is 11.8 Å². The van der Waals surface area contributed by atoms with E-state index in [4.69, 9.17) is 0 Å². The summed E-state index contributed by atoms with van der Waals surface area (Å²) in [4.78, 5) is 37.5. The first-order valence-corrected chi connectivity index (χ1v) is 4.81. The van der Waals surface area contributed by atoms with Gasteiger partial charge in [-0.05, 0) is 0 Å². The van der Waals surface area contributed by atoms with Crippen LogP contribution < -0.4 is 0 Å². The summed E-state index contributed by atoms with van der Waals surface area (Å²) in [6, 6.07) is 0. The minimum Gasteiger partial charge on any atom is -0.330 e. The van der Waals surface area contributed by atoms with Crippen LogP contribution in [-0.4, -0.2) is 28.6 Å². The Bertz CT molecular complexity index is 241. The summed E-state index contributed by atoms with van der Waals surface area (Å²) in [6.45, 7) is 2.73. The molecule has 14 heavy (non-hydrogen) atoms. The van der Waals surface area contributed by atoms with Crippen LogP contribution in [0.25, 0.3) is 0 Å². The Balaban J connectivity index is 4.31. The predicted octanol–water partition coefficient (Wildman–Crippen LogP) is 0.550. The van der Waals surface area contributed by atoms with Crippen LogP contribution in [0.15, 0.2) is 0 Å². The fraction of sp³-hybridized carbons (Fsp3) is 0.625. The number of carbonyl (C=O) groups is 3. The number of hydrogen-bond acceptors (Lipinski definition) is 5. The molecule has 80 valence electrons. The lowest BCUT2D eigenvalue weighted by Crippen LogP contribution is -2.36. The van der Waals surface area contributed by atoms with E-state index in [1.165, 1.54) is 0 Å². The summed E-state index contributed by atoms with van der Waals surface area (Å²) in [5.74, 6) is -1.48. The highest BCUT2D eigenvalue weighted by atomic mass is 32.1. The number of thiol groups is 1. The summed E-state index contributed by atoms with van der Waals surface area (Å²) >= 11 is 3.82. The van der Waals surface area contributed by atoms with Gasteiger partial charge in [0.05, 0.1) is 6.42 Å². The molecule has 0 aromatic rings. The summed E-state index contributed by atoms with van der Waals surface area (Å²) in [6.07, 6.45) is 0.164. The third-order valence-corrected chi connectivity index (χ3v) is 1.55. The van der Waals surface area contributed by atoms with Crippen LogP contribution in [0.2, 0.25) is 0 Å². The number of carbonyl (C=O) groups excluding carboxylic acids is 3. The molecule has 0 spiro atoms. The molecule has 0 aromatic carbocycles. The highest BCUT2D eigenvalue weighted by molar-refractivity contribution is 7.80. The van der Waals surface area contributed by atoms with Gasteiger partial charge >= 0.3 is 5.97 Å². The SMILES string of the molecule is CCC(=O)N(OC(=O)CCS)C(C)=O. The van der Waals surface area contributed by atoms with E-state index in [-0.39, 0.29) is 12.8 Å². The van der Waals surface area contributed by atoms with Gasteiger partial charge in [0.1, 0.15) is 0 Å². The Kier molecular flexibility index (Phi) is 5.94. The van der Waals surface area contributed by atoms with Gasteiger partial charge in [-0.25, -0.2) is 4.79 Å². The van der Waals surface area contributed by atoms with E-state index in [0.29, 0.717) is 10.8 Å². The largest absolute Gasteiger partial charge is 0.334 e. The molecule has 5 nitrogen and oxygen atoms in total. The maximum absolute atomic E-state index is 11.1. The number of imide groups is 1. The van der Waals surface area contributed by atoms with E-state index in [0.717, 1.165) is 6.92 Å². The lowest BCUT2D eigenvalue weighted by molar-refractivity contribution is -0.201. The minimum atomic E-state index is -0.642. The maximum atomic E-state index is 11.1. The van der Waals surface area contributed by atoms with Crippen molar-refractivity contribution < 1.29 is 19.2 Å². The molecule has 0 aliphatic carbocycles. The molecule has 0 aromatic heterocycles. The second-order valence-corrected chi connectivity index (χ2v) is 2.94. The Morgan fingerprint density at radius 1 is 1.36 bits per heavy atom. The average molecular weight is 219 g/mol. The van der Waals surface area contributed by atoms with E-state index in [1.54, 1.807) is 6.92 Å². The van der Waals surface area contributed by atoms with Gasteiger partial charge in [-0.15, -0.1) is 5.06 Å². The zero-order valence-electron chi connectivity index (χ0n) is 8.15. The smallest absolute Gasteiger partial charge is 0.330 e. The molecule has 0 bridgehead atoms. The molecule has 0 N–H and O–H groups in total. The first-order valence-electron chi connectivity index (χ1n) is 4.18. The van der Waals surface area contributed by atoms with Gasteiger partial charge in [-0.1, -0.05) is 6.92 Å². The van der Waals surface area contributed by atoms with Gasteiger partial charge in [0.15, 0.2) is 0 Å². The van der Waals surface area contributed by atoms with Gasteiger partial charge < -0.3 is 4.84 Å². The fourth-order valence-corrected chi connectivity index (χ4v) is 0.856. The van der Waals surface area contributed by atoms with Crippen LogP contribution in [0, 0.1) is 0 Å². The first-order chi connectivity index (χ1) is 6.52. The van der Waals surface area contributed by atoms with Crippen molar-refractivity contribution in [1.82, 2.24) is 5.06 Å². The van der Waals surface area contributed by atoms with Gasteiger partial charge in [-0.3, -0.25) is 9.59 Å². The van der Waals surface area contributed by atoms with Crippen LogP contribution in [0.4, 0.5) is 0 Å². The van der Waals surface area contributed by atoms with Crippen LogP contribution in [0.3, 0.4) is 0 Å². The van der Waals surface area contributed by atoms with Crippen LogP contribution in [0.1, 0.15) is 26.7 Å². The van der Waals surface area contributed by atoms with Crippen molar-refractivity contribution in [3.05, 3.63) is 0 Å². The summed E-state index contributed by atoms with van der Waals surface area (Å²) in [5, 5.41) is 0.478. The summed E-state index contributed by atoms with van der Waals surface area (Å²) in [5.41, 5.74) is 0. The van der Waals surface area contributed by atoms with Crippen molar-refractivity contribution in [2.75, 3.05) is 5.75 Å². The standard InChI is InChI=1S/C8H13NO4S/c1-3-7(11)9(6(2)10)13-8(12)4-5-14/h14H,3-5H2,1-2H3. The number of hydrogen-bond donors (Lipinski definition) is 1. The van der Waals surface area contributed by atoms with Gasteiger partial charge in [0.2, 0.25) is 0 Å². The van der Waals surface area contributed by atoms with Crippen LogP contribution in [-0.2, 0) is 19.2 Å². The fourth-order valence-electron chi connectivity index (χ4n) is 0.673. The second kappa shape index (κ2) is 6.42. The Labute approximate surface area is 87.8 Å². The zero-order chi connectivity index (χ0) is 11.1. The molecule has 0 rings (SSSR count). The predicted molar refractivity (Wildman–Crippen MR) is 52.4 cm³/mol. The highest BCUT2D eigenvalue weighted by Crippen LogP contribution is 1.99. The Morgan fingerprint density at radius 2 is 1.93 bits per heavy atom. The summed E-state index contributed by atoms with van der Waals surface area (Å²) < 4.78 is 0. The molecule has 0 heterocycles. The van der Waals surface area contributed by atoms with Crippen molar-refractivity contribution in [2.24, 2.45) is 0 Å². The number of amides is 2. The van der Waals surface area contributed by atoms with Crippen molar-refractivity contribution >= 4 is 30.4 Å². The van der Waals surface area contributed by atoms with Crippen molar-refractivity contribution in [3.63, 3.8) is 0 Å². The van der Waals surface area contributed by atoms with E-state index < -0.39 is 17.8 Å². The molecular formula is C8H13NO4S. The van der Waals surface area contributed by atoms with Crippen LogP contribution in [0.5, 0.6) is 0 Å². The van der Waals surface area contributed by atoms with Crippen molar-refractivity contribution in [1.29, 1.82) is 0 Å². The Morgan fingerprint density at radius 3 is 2.29 bits per heavy atom. The molecule has 0 aliphatic rings. The third-order valence-electron chi connectivity index (χ3n) is 1.32. The van der Waals surface area contributed by atoms with E-state index in [1.807, 2.05) is 0 Å². The highest BCUT2D eigenvalue weighted by Gasteiger charge is 2.20. The Hall–Kier alpha value is -1.04. The molecule has 0 fully saturated rings. The summed E-state index contributed by atoms with van der Waals surface area (Å²) in [7, 11) is 0. The minimum absolute atomic E-state index is 0.0594. The number of hydroxylamine groups is 2. The first kappa shape index (κ1) is 13.0. The quantitative estimate of drug-likeness (QED) is 0.556. The topological polar surface area (TPSA) is 63.7 Å². The van der Waals surface area contributed by atoms with E-state index in [2.05, 4.69) is 17.5 Å². The maximum Gasteiger partial charge on any atom is 0.334 e. The average Bonchev–Trinajstić information content (AvgIpc) is 2.13. The molecule has 0 saturated heterocycles. The van der Waals surface area contributed by atoms with Crippen molar-refractivity contribution in [2.45, 2.75) is 26.7 Å². The lowest BCUT2D eigenvalue weighted by atomic mass is 10.4. The lowest BCUT2D eigenvalue weighted by Gasteiger charge is -2.16.